The summed E-state index contributed by atoms with van der Waals surface area (Å²) < 4.78 is 2.08. The van der Waals surface area contributed by atoms with E-state index in [-0.39, 0.29) is 6.03 Å². The maximum Gasteiger partial charge on any atom is 0.323 e. The molecular formula is C22H20ClN5O. The molecule has 0 atom stereocenters. The van der Waals surface area contributed by atoms with Crippen LogP contribution in [0.2, 0.25) is 5.02 Å². The molecule has 2 aromatic heterocycles. The molecule has 0 fully saturated rings. The lowest BCUT2D eigenvalue weighted by Gasteiger charge is -2.11. The molecule has 2 amide bonds. The molecule has 7 heteroatoms. The molecule has 0 aliphatic carbocycles. The first-order valence-electron chi connectivity index (χ1n) is 9.21. The molecule has 0 spiro atoms. The minimum Gasteiger partial charge on any atom is -0.308 e. The Labute approximate surface area is 173 Å². The molecule has 2 aromatic carbocycles. The third-order valence-corrected chi connectivity index (χ3v) is 4.85. The van der Waals surface area contributed by atoms with Gasteiger partial charge in [0.15, 0.2) is 5.65 Å². The second kappa shape index (κ2) is 7.93. The maximum absolute atomic E-state index is 12.4. The number of fused-ring (bicyclic) bond motifs is 1. The highest BCUT2D eigenvalue weighted by molar-refractivity contribution is 6.30. The molecule has 0 saturated carbocycles. The quantitative estimate of drug-likeness (QED) is 0.478. The molecule has 0 unspecified atom stereocenters. The number of nitrogens with zero attached hydrogens (tertiary/aromatic N) is 3. The molecule has 2 N–H and O–H groups in total. The number of hydrogen-bond donors (Lipinski definition) is 2. The molecule has 146 valence electrons. The molecule has 4 rings (SSSR count). The second-order valence-corrected chi connectivity index (χ2v) is 7.22. The number of anilines is 2. The predicted octanol–water partition coefficient (Wildman–Crippen LogP) is 5.39. The van der Waals surface area contributed by atoms with Gasteiger partial charge in [-0.1, -0.05) is 48.0 Å². The summed E-state index contributed by atoms with van der Waals surface area (Å²) in [7, 11) is 0. The number of carbonyl (C=O) groups excluding carboxylic acids is 1. The van der Waals surface area contributed by atoms with E-state index in [1.54, 1.807) is 24.3 Å². The summed E-state index contributed by atoms with van der Waals surface area (Å²) in [5.41, 5.74) is 4.66. The van der Waals surface area contributed by atoms with Gasteiger partial charge in [-0.15, -0.1) is 0 Å². The zero-order valence-electron chi connectivity index (χ0n) is 16.1. The number of rotatable bonds is 4. The van der Waals surface area contributed by atoms with Crippen LogP contribution >= 0.6 is 11.6 Å². The first-order valence-corrected chi connectivity index (χ1v) is 9.59. The molecule has 0 radical (unpaired) electrons. The van der Waals surface area contributed by atoms with Gasteiger partial charge in [-0.05, 0) is 43.7 Å². The lowest BCUT2D eigenvalue weighted by atomic mass is 10.2. The highest BCUT2D eigenvalue weighted by atomic mass is 35.5. The molecule has 0 saturated heterocycles. The molecule has 29 heavy (non-hydrogen) atoms. The van der Waals surface area contributed by atoms with Crippen molar-refractivity contribution in [1.82, 2.24) is 14.5 Å². The molecule has 0 aliphatic heterocycles. The second-order valence-electron chi connectivity index (χ2n) is 6.78. The number of aryl methyl sites for hydroxylation is 2. The van der Waals surface area contributed by atoms with Gasteiger partial charge in [0.1, 0.15) is 11.3 Å². The smallest absolute Gasteiger partial charge is 0.308 e. The molecule has 0 bridgehead atoms. The number of halogens is 1. The number of pyridine rings is 1. The van der Waals surface area contributed by atoms with Crippen LogP contribution in [0.5, 0.6) is 0 Å². The van der Waals surface area contributed by atoms with Gasteiger partial charge >= 0.3 is 6.03 Å². The normalized spacial score (nSPS) is 10.9. The minimum absolute atomic E-state index is 0.364. The molecule has 2 heterocycles. The highest BCUT2D eigenvalue weighted by Crippen LogP contribution is 2.23. The summed E-state index contributed by atoms with van der Waals surface area (Å²) in [6.45, 7) is 4.51. The Bertz CT molecular complexity index is 1190. The monoisotopic (exact) mass is 405 g/mol. The Balaban J connectivity index is 1.58. The number of amides is 2. The Morgan fingerprint density at radius 1 is 1.00 bits per heavy atom. The molecule has 0 aliphatic rings. The van der Waals surface area contributed by atoms with Crippen molar-refractivity contribution in [3.8, 4) is 0 Å². The van der Waals surface area contributed by atoms with Gasteiger partial charge in [-0.2, -0.15) is 0 Å². The van der Waals surface area contributed by atoms with Crippen molar-refractivity contribution < 1.29 is 4.79 Å². The fraction of sp³-hybridized carbons (Fsp3) is 0.136. The number of urea groups is 1. The summed E-state index contributed by atoms with van der Waals surface area (Å²) in [4.78, 5) is 21.7. The lowest BCUT2D eigenvalue weighted by Crippen LogP contribution is -2.20. The largest absolute Gasteiger partial charge is 0.323 e. The van der Waals surface area contributed by atoms with Gasteiger partial charge in [0.25, 0.3) is 0 Å². The van der Waals surface area contributed by atoms with Gasteiger partial charge in [0.2, 0.25) is 0 Å². The Kier molecular flexibility index (Phi) is 5.18. The van der Waals surface area contributed by atoms with E-state index < -0.39 is 0 Å². The Morgan fingerprint density at radius 2 is 1.79 bits per heavy atom. The van der Waals surface area contributed by atoms with Crippen molar-refractivity contribution in [1.29, 1.82) is 0 Å². The van der Waals surface area contributed by atoms with Crippen molar-refractivity contribution in [2.75, 3.05) is 10.6 Å². The van der Waals surface area contributed by atoms with E-state index in [1.807, 2.05) is 38.1 Å². The summed E-state index contributed by atoms with van der Waals surface area (Å²) in [5.74, 6) is 0.872. The van der Waals surface area contributed by atoms with Crippen molar-refractivity contribution >= 4 is 40.2 Å². The first kappa shape index (κ1) is 19.0. The fourth-order valence-corrected chi connectivity index (χ4v) is 3.37. The zero-order chi connectivity index (χ0) is 20.4. The van der Waals surface area contributed by atoms with Crippen LogP contribution in [-0.4, -0.2) is 20.6 Å². The van der Waals surface area contributed by atoms with Crippen LogP contribution in [0.4, 0.5) is 16.2 Å². The predicted molar refractivity (Wildman–Crippen MR) is 117 cm³/mol. The Hall–Kier alpha value is -3.38. The number of nitrogens with one attached hydrogen (secondary N) is 2. The van der Waals surface area contributed by atoms with E-state index in [0.717, 1.165) is 17.0 Å². The van der Waals surface area contributed by atoms with Crippen LogP contribution in [0.25, 0.3) is 11.2 Å². The average molecular weight is 406 g/mol. The lowest BCUT2D eigenvalue weighted by molar-refractivity contribution is 0.262. The van der Waals surface area contributed by atoms with Crippen LogP contribution in [0, 0.1) is 13.8 Å². The van der Waals surface area contributed by atoms with E-state index in [4.69, 9.17) is 16.6 Å². The number of hydrogen-bond acceptors (Lipinski definition) is 3. The Morgan fingerprint density at radius 3 is 2.55 bits per heavy atom. The number of aromatic nitrogens is 3. The molecule has 6 nitrogen and oxygen atoms in total. The maximum atomic E-state index is 12.4. The third kappa shape index (κ3) is 4.22. The van der Waals surface area contributed by atoms with Gasteiger partial charge in [0.05, 0.1) is 17.9 Å². The van der Waals surface area contributed by atoms with E-state index in [2.05, 4.69) is 32.3 Å². The molecular weight excluding hydrogens is 386 g/mol. The van der Waals surface area contributed by atoms with Gasteiger partial charge in [-0.25, -0.2) is 14.8 Å². The van der Waals surface area contributed by atoms with Gasteiger partial charge < -0.3 is 15.2 Å². The highest BCUT2D eigenvalue weighted by Gasteiger charge is 2.14. The zero-order valence-corrected chi connectivity index (χ0v) is 16.9. The number of carbonyl (C=O) groups is 1. The van der Waals surface area contributed by atoms with E-state index >= 15 is 0 Å². The summed E-state index contributed by atoms with van der Waals surface area (Å²) in [5, 5.41) is 6.17. The SMILES string of the molecule is Cc1nc2c(cc1NC(=O)Nc1cccc(Cl)c1)nc(C)n2Cc1ccccc1. The van der Waals surface area contributed by atoms with Gasteiger partial charge in [0, 0.05) is 10.7 Å². The fourth-order valence-electron chi connectivity index (χ4n) is 3.18. The average Bonchev–Trinajstić information content (AvgIpc) is 2.97. The topological polar surface area (TPSA) is 71.8 Å². The minimum atomic E-state index is -0.364. The van der Waals surface area contributed by atoms with Gasteiger partial charge in [-0.3, -0.25) is 0 Å². The standard InChI is InChI=1S/C22H20ClN5O/c1-14-19(27-22(29)26-18-10-6-9-17(23)11-18)12-20-21(24-14)28(15(2)25-20)13-16-7-4-3-5-8-16/h3-12H,13H2,1-2H3,(H2,26,27,29). The van der Waals surface area contributed by atoms with E-state index in [0.29, 0.717) is 28.6 Å². The molecule has 4 aromatic rings. The van der Waals surface area contributed by atoms with Crippen LogP contribution < -0.4 is 10.6 Å². The van der Waals surface area contributed by atoms with Crippen molar-refractivity contribution in [2.45, 2.75) is 20.4 Å². The number of imidazole rings is 1. The summed E-state index contributed by atoms with van der Waals surface area (Å²) in [6.07, 6.45) is 0. The first-order chi connectivity index (χ1) is 14.0. The van der Waals surface area contributed by atoms with Crippen LogP contribution in [0.3, 0.4) is 0 Å². The van der Waals surface area contributed by atoms with E-state index in [9.17, 15) is 4.79 Å². The van der Waals surface area contributed by atoms with Crippen LogP contribution in [-0.2, 0) is 6.54 Å². The number of benzene rings is 2. The van der Waals surface area contributed by atoms with Crippen LogP contribution in [0.15, 0.2) is 60.7 Å². The van der Waals surface area contributed by atoms with Crippen LogP contribution in [0.1, 0.15) is 17.1 Å². The summed E-state index contributed by atoms with van der Waals surface area (Å²) >= 11 is 5.96. The van der Waals surface area contributed by atoms with Crippen molar-refractivity contribution in [2.24, 2.45) is 0 Å². The summed E-state index contributed by atoms with van der Waals surface area (Å²) in [6, 6.07) is 18.7. The van der Waals surface area contributed by atoms with Crippen molar-refractivity contribution in [3.05, 3.63) is 82.8 Å². The third-order valence-electron chi connectivity index (χ3n) is 4.62. The van der Waals surface area contributed by atoms with Crippen molar-refractivity contribution in [3.63, 3.8) is 0 Å². The van der Waals surface area contributed by atoms with E-state index in [1.165, 1.54) is 5.56 Å².